The molecule has 0 saturated carbocycles. The number of carbonyl (C=O) groups excluding carboxylic acids is 1. The molecule has 0 saturated heterocycles. The van der Waals surface area contributed by atoms with Crippen molar-refractivity contribution in [1.82, 2.24) is 5.32 Å². The number of hydrogen-bond donors (Lipinski definition) is 1. The second-order valence-corrected chi connectivity index (χ2v) is 21.6. The molecule has 0 aliphatic heterocycles. The molecule has 0 aliphatic carbocycles. The summed E-state index contributed by atoms with van der Waals surface area (Å²) in [6, 6.07) is 8.17. The predicted octanol–water partition coefficient (Wildman–Crippen LogP) is 5.58. The van der Waals surface area contributed by atoms with Crippen LogP contribution in [0.4, 0.5) is 4.79 Å². The fourth-order valence-electron chi connectivity index (χ4n) is 2.90. The van der Waals surface area contributed by atoms with Crippen LogP contribution in [0.1, 0.15) is 12.0 Å². The molecule has 1 amide bonds. The Morgan fingerprint density at radius 2 is 1.59 bits per heavy atom. The Morgan fingerprint density at radius 1 is 1.04 bits per heavy atom. The van der Waals surface area contributed by atoms with Gasteiger partial charge in [0.05, 0.1) is 0 Å². The summed E-state index contributed by atoms with van der Waals surface area (Å²) >= 11 is 0. The molecule has 1 N–H and O–H groups in total. The van der Waals surface area contributed by atoms with Crippen molar-refractivity contribution in [2.24, 2.45) is 0 Å². The summed E-state index contributed by atoms with van der Waals surface area (Å²) < 4.78 is 18.3. The van der Waals surface area contributed by atoms with Crippen molar-refractivity contribution in [2.45, 2.75) is 58.3 Å². The summed E-state index contributed by atoms with van der Waals surface area (Å²) in [5, 5.41) is 2.82. The van der Waals surface area contributed by atoms with Crippen LogP contribution in [0.2, 0.25) is 51.9 Å². The molecule has 27 heavy (non-hydrogen) atoms. The van der Waals surface area contributed by atoms with Crippen molar-refractivity contribution >= 4 is 37.4 Å². The number of carbonyl (C=O) groups is 1. The first-order chi connectivity index (χ1) is 12.3. The molecule has 0 radical (unpaired) electrons. The molecule has 5 nitrogen and oxygen atoms in total. The van der Waals surface area contributed by atoms with Gasteiger partial charge in [-0.25, -0.2) is 4.79 Å². The van der Waals surface area contributed by atoms with Crippen LogP contribution >= 0.6 is 0 Å². The van der Waals surface area contributed by atoms with Crippen LogP contribution in [0.15, 0.2) is 30.8 Å². The molecule has 1 aromatic rings. The predicted molar refractivity (Wildman–Crippen MR) is 120 cm³/mol. The molecule has 1 aromatic carbocycles. The van der Waals surface area contributed by atoms with Gasteiger partial charge in [0.2, 0.25) is 0 Å². The Morgan fingerprint density at radius 3 is 2.11 bits per heavy atom. The van der Waals surface area contributed by atoms with Crippen molar-refractivity contribution in [1.29, 1.82) is 0 Å². The quantitative estimate of drug-likeness (QED) is 0.392. The first-order valence-electron chi connectivity index (χ1n) is 9.41. The average molecular weight is 426 g/mol. The second kappa shape index (κ2) is 9.83. The average Bonchev–Trinajstić information content (AvgIpc) is 2.48. The molecule has 0 fully saturated rings. The van der Waals surface area contributed by atoms with Crippen molar-refractivity contribution in [3.8, 4) is 5.75 Å². The SMILES string of the molecule is C=Cc1ccccc1OC(=O)NCCC[Si](C)(O[Si](C)(C)C)O[Si](C)(C)C. The van der Waals surface area contributed by atoms with Crippen molar-refractivity contribution in [3.05, 3.63) is 36.4 Å². The minimum atomic E-state index is -2.26. The maximum atomic E-state index is 12.1. The Bertz CT molecular complexity index is 623. The maximum Gasteiger partial charge on any atom is 0.412 e. The molecule has 0 heterocycles. The lowest BCUT2D eigenvalue weighted by atomic mass is 10.2. The Labute approximate surface area is 167 Å². The van der Waals surface area contributed by atoms with Crippen molar-refractivity contribution in [2.75, 3.05) is 6.54 Å². The number of para-hydroxylation sites is 1. The van der Waals surface area contributed by atoms with E-state index in [-0.39, 0.29) is 0 Å². The highest BCUT2D eigenvalue weighted by atomic mass is 28.5. The molecule has 152 valence electrons. The van der Waals surface area contributed by atoms with E-state index in [0.717, 1.165) is 18.0 Å². The van der Waals surface area contributed by atoms with Gasteiger partial charge in [0.25, 0.3) is 0 Å². The van der Waals surface area contributed by atoms with Gasteiger partial charge < -0.3 is 18.3 Å². The monoisotopic (exact) mass is 425 g/mol. The van der Waals surface area contributed by atoms with Crippen LogP contribution in [-0.2, 0) is 8.23 Å². The van der Waals surface area contributed by atoms with Gasteiger partial charge in [-0.15, -0.1) is 0 Å². The first kappa shape index (κ1) is 23.8. The molecular weight excluding hydrogens is 390 g/mol. The molecule has 0 spiro atoms. The van der Waals surface area contributed by atoms with Gasteiger partial charge in [-0.2, -0.15) is 0 Å². The van der Waals surface area contributed by atoms with Gasteiger partial charge in [0.15, 0.2) is 16.6 Å². The highest BCUT2D eigenvalue weighted by molar-refractivity contribution is 6.87. The van der Waals surface area contributed by atoms with Gasteiger partial charge in [0.1, 0.15) is 5.75 Å². The Balaban J connectivity index is 2.55. The van der Waals surface area contributed by atoms with Gasteiger partial charge in [0, 0.05) is 12.1 Å². The molecule has 0 aromatic heterocycles. The molecule has 1 rings (SSSR count). The normalized spacial score (nSPS) is 12.6. The first-order valence-corrected chi connectivity index (χ1v) is 18.8. The lowest BCUT2D eigenvalue weighted by Gasteiger charge is -2.38. The van der Waals surface area contributed by atoms with Crippen LogP contribution in [0.5, 0.6) is 5.75 Å². The third-order valence-electron chi connectivity index (χ3n) is 3.46. The molecule has 0 atom stereocenters. The fraction of sp³-hybridized carbons (Fsp3) is 0.526. The van der Waals surface area contributed by atoms with Crippen LogP contribution in [-0.4, -0.2) is 37.8 Å². The topological polar surface area (TPSA) is 56.8 Å². The standard InChI is InChI=1S/C19H35NO4Si3/c1-9-17-13-10-11-14-18(17)22-19(21)20-15-12-16-27(8,23-25(2,3)4)24-26(5,6)7/h9-11,13-14H,1,12,15-16H2,2-8H3,(H,20,21). The second-order valence-electron chi connectivity index (χ2n) is 8.72. The summed E-state index contributed by atoms with van der Waals surface area (Å²) in [6.07, 6.45) is 2.02. The lowest BCUT2D eigenvalue weighted by molar-refractivity contribution is 0.200. The number of hydrogen-bond acceptors (Lipinski definition) is 4. The van der Waals surface area contributed by atoms with Gasteiger partial charge in [-0.1, -0.05) is 30.9 Å². The summed E-state index contributed by atoms with van der Waals surface area (Å²) in [7, 11) is -5.66. The zero-order valence-electron chi connectivity index (χ0n) is 17.8. The van der Waals surface area contributed by atoms with Crippen LogP contribution in [0, 0.1) is 0 Å². The van der Waals surface area contributed by atoms with E-state index in [0.29, 0.717) is 12.3 Å². The highest BCUT2D eigenvalue weighted by Crippen LogP contribution is 2.25. The maximum absolute atomic E-state index is 12.1. The summed E-state index contributed by atoms with van der Waals surface area (Å²) in [6.45, 7) is 19.6. The Hall–Kier alpha value is -1.20. The molecule has 0 unspecified atom stereocenters. The van der Waals surface area contributed by atoms with E-state index in [2.05, 4.69) is 57.7 Å². The third-order valence-corrected chi connectivity index (χ3v) is 13.1. The van der Waals surface area contributed by atoms with E-state index in [1.807, 2.05) is 18.2 Å². The zero-order valence-corrected chi connectivity index (χ0v) is 20.8. The lowest BCUT2D eigenvalue weighted by Crippen LogP contribution is -2.52. The third kappa shape index (κ3) is 10.1. The fourth-order valence-corrected chi connectivity index (χ4v) is 15.4. The molecule has 0 bridgehead atoms. The Kier molecular flexibility index (Phi) is 8.68. The molecule has 8 heteroatoms. The van der Waals surface area contributed by atoms with Crippen LogP contribution in [0.25, 0.3) is 6.08 Å². The van der Waals surface area contributed by atoms with Gasteiger partial charge in [-0.05, 0) is 64.4 Å². The van der Waals surface area contributed by atoms with E-state index in [9.17, 15) is 4.79 Å². The van der Waals surface area contributed by atoms with E-state index in [1.165, 1.54) is 0 Å². The largest absolute Gasteiger partial charge is 0.437 e. The summed E-state index contributed by atoms with van der Waals surface area (Å²) in [5.41, 5.74) is 0.791. The van der Waals surface area contributed by atoms with Crippen molar-refractivity contribution < 1.29 is 17.8 Å². The smallest absolute Gasteiger partial charge is 0.412 e. The number of benzene rings is 1. The summed E-state index contributed by atoms with van der Waals surface area (Å²) in [5.74, 6) is 0.508. The van der Waals surface area contributed by atoms with Gasteiger partial charge in [-0.3, -0.25) is 0 Å². The summed E-state index contributed by atoms with van der Waals surface area (Å²) in [4.78, 5) is 12.1. The number of nitrogens with one attached hydrogen (secondary N) is 1. The molecule has 0 aliphatic rings. The van der Waals surface area contributed by atoms with Gasteiger partial charge >= 0.3 is 14.7 Å². The minimum absolute atomic E-state index is 0.454. The number of ether oxygens (including phenoxy) is 1. The molecular formula is C19H35NO4Si3. The van der Waals surface area contributed by atoms with E-state index in [1.54, 1.807) is 12.1 Å². The highest BCUT2D eigenvalue weighted by Gasteiger charge is 2.39. The van der Waals surface area contributed by atoms with E-state index in [4.69, 9.17) is 13.0 Å². The zero-order chi connectivity index (χ0) is 20.7. The minimum Gasteiger partial charge on any atom is -0.437 e. The van der Waals surface area contributed by atoms with Crippen LogP contribution in [0.3, 0.4) is 0 Å². The van der Waals surface area contributed by atoms with E-state index >= 15 is 0 Å². The van der Waals surface area contributed by atoms with E-state index < -0.39 is 31.3 Å². The number of rotatable bonds is 10. The van der Waals surface area contributed by atoms with Crippen LogP contribution < -0.4 is 10.1 Å². The number of amides is 1. The van der Waals surface area contributed by atoms with Crippen molar-refractivity contribution in [3.63, 3.8) is 0 Å².